The molecule has 54 valence electrons. The van der Waals surface area contributed by atoms with Gasteiger partial charge in [0.25, 0.3) is 0 Å². The topological polar surface area (TPSA) is 26.0 Å². The summed E-state index contributed by atoms with van der Waals surface area (Å²) in [4.78, 5) is 0. The van der Waals surface area contributed by atoms with Gasteiger partial charge in [-0.3, -0.25) is 0 Å². The molecule has 0 aliphatic heterocycles. The second-order valence-electron chi connectivity index (χ2n) is 2.81. The van der Waals surface area contributed by atoms with Crippen LogP contribution in [0.3, 0.4) is 0 Å². The van der Waals surface area contributed by atoms with E-state index in [1.54, 1.807) is 0 Å². The maximum atomic E-state index is 5.62. The highest BCUT2D eigenvalue weighted by molar-refractivity contribution is 8.00. The van der Waals surface area contributed by atoms with Gasteiger partial charge in [-0.05, 0) is 18.1 Å². The Hall–Kier alpha value is 0.310. The summed E-state index contributed by atoms with van der Waals surface area (Å²) < 4.78 is 0.495. The largest absolute Gasteiger partial charge is 0.329 e. The Labute approximate surface area is 61.4 Å². The van der Waals surface area contributed by atoms with Crippen molar-refractivity contribution in [2.24, 2.45) is 11.7 Å². The normalized spacial score (nSPS) is 41.0. The zero-order valence-electron chi connectivity index (χ0n) is 6.18. The number of hydrogen-bond acceptors (Lipinski definition) is 2. The van der Waals surface area contributed by atoms with Crippen molar-refractivity contribution in [2.75, 3.05) is 12.3 Å². The summed E-state index contributed by atoms with van der Waals surface area (Å²) in [6, 6.07) is 0. The third-order valence-corrected chi connectivity index (χ3v) is 3.77. The molecule has 1 aliphatic rings. The SMILES string of the molecule is CCSC1(CN)CC1C. The average Bonchev–Trinajstić information content (AvgIpc) is 2.45. The summed E-state index contributed by atoms with van der Waals surface area (Å²) in [5.74, 6) is 2.08. The molecule has 1 fully saturated rings. The summed E-state index contributed by atoms with van der Waals surface area (Å²) >= 11 is 2.03. The summed E-state index contributed by atoms with van der Waals surface area (Å²) in [6.45, 7) is 5.36. The molecule has 2 N–H and O–H groups in total. The second-order valence-corrected chi connectivity index (χ2v) is 4.49. The summed E-state index contributed by atoms with van der Waals surface area (Å²) in [5, 5.41) is 0. The molecule has 1 rings (SSSR count). The molecule has 1 nitrogen and oxygen atoms in total. The van der Waals surface area contributed by atoms with E-state index in [9.17, 15) is 0 Å². The third kappa shape index (κ3) is 1.24. The van der Waals surface area contributed by atoms with Gasteiger partial charge in [-0.2, -0.15) is 11.8 Å². The number of hydrogen-bond donors (Lipinski definition) is 1. The highest BCUT2D eigenvalue weighted by Crippen LogP contribution is 2.52. The standard InChI is InChI=1S/C7H15NS/c1-3-9-7(5-8)4-6(7)2/h6H,3-5,8H2,1-2H3. The lowest BCUT2D eigenvalue weighted by Crippen LogP contribution is -2.20. The third-order valence-electron chi connectivity index (χ3n) is 2.17. The fourth-order valence-corrected chi connectivity index (χ4v) is 2.64. The van der Waals surface area contributed by atoms with E-state index in [-0.39, 0.29) is 0 Å². The van der Waals surface area contributed by atoms with Crippen molar-refractivity contribution in [3.05, 3.63) is 0 Å². The predicted octanol–water partition coefficient (Wildman–Crippen LogP) is 1.48. The minimum absolute atomic E-state index is 0.495. The molecular weight excluding hydrogens is 130 g/mol. The van der Waals surface area contributed by atoms with E-state index in [2.05, 4.69) is 13.8 Å². The van der Waals surface area contributed by atoms with Crippen molar-refractivity contribution in [2.45, 2.75) is 25.0 Å². The first-order valence-electron chi connectivity index (χ1n) is 3.59. The Morgan fingerprint density at radius 3 is 2.44 bits per heavy atom. The van der Waals surface area contributed by atoms with E-state index < -0.39 is 0 Å². The highest BCUT2D eigenvalue weighted by atomic mass is 32.2. The van der Waals surface area contributed by atoms with Gasteiger partial charge in [0, 0.05) is 11.3 Å². The van der Waals surface area contributed by atoms with Crippen LogP contribution < -0.4 is 5.73 Å². The molecule has 2 heteroatoms. The van der Waals surface area contributed by atoms with E-state index >= 15 is 0 Å². The first-order valence-corrected chi connectivity index (χ1v) is 4.58. The van der Waals surface area contributed by atoms with Crippen LogP contribution >= 0.6 is 11.8 Å². The summed E-state index contributed by atoms with van der Waals surface area (Å²) in [7, 11) is 0. The van der Waals surface area contributed by atoms with Crippen molar-refractivity contribution < 1.29 is 0 Å². The molecule has 2 atom stereocenters. The number of nitrogens with two attached hydrogens (primary N) is 1. The van der Waals surface area contributed by atoms with Gasteiger partial charge in [0.2, 0.25) is 0 Å². The minimum atomic E-state index is 0.495. The van der Waals surface area contributed by atoms with Crippen molar-refractivity contribution in [1.29, 1.82) is 0 Å². The molecule has 0 radical (unpaired) electrons. The zero-order valence-corrected chi connectivity index (χ0v) is 7.00. The maximum absolute atomic E-state index is 5.62. The van der Waals surface area contributed by atoms with E-state index in [4.69, 9.17) is 5.73 Å². The molecule has 0 saturated heterocycles. The number of thioether (sulfide) groups is 1. The Balaban J connectivity index is 2.33. The van der Waals surface area contributed by atoms with Crippen LogP contribution in [0.15, 0.2) is 0 Å². The molecule has 1 saturated carbocycles. The van der Waals surface area contributed by atoms with Crippen molar-refractivity contribution in [3.8, 4) is 0 Å². The van der Waals surface area contributed by atoms with Gasteiger partial charge >= 0.3 is 0 Å². The molecular formula is C7H15NS. The molecule has 0 aromatic heterocycles. The van der Waals surface area contributed by atoms with Gasteiger partial charge in [0.15, 0.2) is 0 Å². The lowest BCUT2D eigenvalue weighted by molar-refractivity contribution is 0.807. The Morgan fingerprint density at radius 2 is 2.33 bits per heavy atom. The quantitative estimate of drug-likeness (QED) is 0.651. The zero-order chi connectivity index (χ0) is 6.91. The van der Waals surface area contributed by atoms with Crippen LogP contribution in [0.2, 0.25) is 0 Å². The Kier molecular flexibility index (Phi) is 2.07. The molecule has 0 spiro atoms. The molecule has 9 heavy (non-hydrogen) atoms. The van der Waals surface area contributed by atoms with Crippen LogP contribution in [-0.2, 0) is 0 Å². The Bertz CT molecular complexity index is 101. The van der Waals surface area contributed by atoms with Gasteiger partial charge in [0.05, 0.1) is 0 Å². The Morgan fingerprint density at radius 1 is 1.78 bits per heavy atom. The molecule has 2 unspecified atom stereocenters. The van der Waals surface area contributed by atoms with Crippen molar-refractivity contribution >= 4 is 11.8 Å². The maximum Gasteiger partial charge on any atom is 0.0311 e. The van der Waals surface area contributed by atoms with Gasteiger partial charge < -0.3 is 5.73 Å². The van der Waals surface area contributed by atoms with Crippen LogP contribution in [0.1, 0.15) is 20.3 Å². The smallest absolute Gasteiger partial charge is 0.0311 e. The van der Waals surface area contributed by atoms with E-state index in [1.165, 1.54) is 12.2 Å². The monoisotopic (exact) mass is 145 g/mol. The fraction of sp³-hybridized carbons (Fsp3) is 1.00. The van der Waals surface area contributed by atoms with E-state index in [1.807, 2.05) is 11.8 Å². The van der Waals surface area contributed by atoms with E-state index in [0.29, 0.717) is 4.75 Å². The predicted molar refractivity (Wildman–Crippen MR) is 43.7 cm³/mol. The van der Waals surface area contributed by atoms with Gasteiger partial charge in [-0.1, -0.05) is 13.8 Å². The van der Waals surface area contributed by atoms with Crippen molar-refractivity contribution in [3.63, 3.8) is 0 Å². The molecule has 0 amide bonds. The van der Waals surface area contributed by atoms with Crippen LogP contribution in [0.25, 0.3) is 0 Å². The number of rotatable bonds is 3. The summed E-state index contributed by atoms with van der Waals surface area (Å²) in [5.41, 5.74) is 5.62. The molecule has 0 aromatic rings. The first kappa shape index (κ1) is 7.42. The lowest BCUT2D eigenvalue weighted by atomic mass is 10.3. The first-order chi connectivity index (χ1) is 4.25. The van der Waals surface area contributed by atoms with Gasteiger partial charge in [0.1, 0.15) is 0 Å². The van der Waals surface area contributed by atoms with Crippen LogP contribution in [0, 0.1) is 5.92 Å². The van der Waals surface area contributed by atoms with Gasteiger partial charge in [-0.15, -0.1) is 0 Å². The van der Waals surface area contributed by atoms with Gasteiger partial charge in [-0.25, -0.2) is 0 Å². The summed E-state index contributed by atoms with van der Waals surface area (Å²) in [6.07, 6.45) is 1.34. The fourth-order valence-electron chi connectivity index (χ4n) is 1.29. The lowest BCUT2D eigenvalue weighted by Gasteiger charge is -2.10. The van der Waals surface area contributed by atoms with Crippen LogP contribution in [-0.4, -0.2) is 17.0 Å². The second kappa shape index (κ2) is 2.51. The molecule has 1 aliphatic carbocycles. The minimum Gasteiger partial charge on any atom is -0.329 e. The van der Waals surface area contributed by atoms with Crippen LogP contribution in [0.4, 0.5) is 0 Å². The molecule has 0 heterocycles. The molecule has 0 bridgehead atoms. The average molecular weight is 145 g/mol. The highest BCUT2D eigenvalue weighted by Gasteiger charge is 2.49. The van der Waals surface area contributed by atoms with E-state index in [0.717, 1.165) is 12.5 Å². The van der Waals surface area contributed by atoms with Crippen LogP contribution in [0.5, 0.6) is 0 Å². The van der Waals surface area contributed by atoms with Crippen molar-refractivity contribution in [1.82, 2.24) is 0 Å². The molecule has 0 aromatic carbocycles.